The van der Waals surface area contributed by atoms with Crippen molar-refractivity contribution in [2.24, 2.45) is 0 Å². The summed E-state index contributed by atoms with van der Waals surface area (Å²) >= 11 is 1.62. The maximum atomic E-state index is 10.4. The van der Waals surface area contributed by atoms with Gasteiger partial charge in [0.2, 0.25) is 0 Å². The van der Waals surface area contributed by atoms with Crippen molar-refractivity contribution in [2.75, 3.05) is 18.6 Å². The number of hydrogen-bond donors (Lipinski definition) is 5. The summed E-state index contributed by atoms with van der Waals surface area (Å²) in [5.74, 6) is 0.396. The van der Waals surface area contributed by atoms with Crippen molar-refractivity contribution >= 4 is 11.8 Å². The molecule has 2 rings (SSSR count). The van der Waals surface area contributed by atoms with E-state index in [0.29, 0.717) is 17.5 Å². The van der Waals surface area contributed by atoms with Crippen LogP contribution in [0.2, 0.25) is 0 Å². The number of phenolic OH excluding ortho intramolecular Hbond substituents is 2. The third kappa shape index (κ3) is 3.86. The number of hydrogen-bond acceptors (Lipinski definition) is 6. The Kier molecular flexibility index (Phi) is 5.68. The summed E-state index contributed by atoms with van der Waals surface area (Å²) in [4.78, 5) is 0. The molecule has 7 heteroatoms. The normalized spacial score (nSPS) is 12.4. The summed E-state index contributed by atoms with van der Waals surface area (Å²) in [5.41, 5.74) is 0.950. The van der Waals surface area contributed by atoms with E-state index in [-0.39, 0.29) is 36.3 Å². The van der Waals surface area contributed by atoms with Gasteiger partial charge in [-0.15, -0.1) is 0 Å². The van der Waals surface area contributed by atoms with Gasteiger partial charge in [0.25, 0.3) is 0 Å². The van der Waals surface area contributed by atoms with Gasteiger partial charge in [0, 0.05) is 24.1 Å². The number of aromatic hydroxyl groups is 4. The smallest absolute Gasteiger partial charge is 0.197 e. The van der Waals surface area contributed by atoms with Crippen LogP contribution in [0.3, 0.4) is 0 Å². The zero-order valence-electron chi connectivity index (χ0n) is 12.8. The van der Waals surface area contributed by atoms with Crippen LogP contribution >= 0.6 is 11.8 Å². The first-order chi connectivity index (χ1) is 11.0. The van der Waals surface area contributed by atoms with Crippen molar-refractivity contribution in [1.29, 1.82) is 0 Å². The summed E-state index contributed by atoms with van der Waals surface area (Å²) in [6.07, 6.45) is 2.75. The second-order valence-corrected chi connectivity index (χ2v) is 6.31. The predicted molar refractivity (Wildman–Crippen MR) is 89.5 cm³/mol. The van der Waals surface area contributed by atoms with Crippen LogP contribution in [0.4, 0.5) is 0 Å². The van der Waals surface area contributed by atoms with Gasteiger partial charge in [0.05, 0.1) is 12.6 Å². The molecular formula is C16H21NO5S. The van der Waals surface area contributed by atoms with E-state index < -0.39 is 6.04 Å². The molecule has 2 aromatic rings. The molecule has 1 unspecified atom stereocenters. The highest BCUT2D eigenvalue weighted by Gasteiger charge is 2.21. The molecule has 1 atom stereocenters. The van der Waals surface area contributed by atoms with E-state index >= 15 is 0 Å². The molecule has 23 heavy (non-hydrogen) atoms. The van der Waals surface area contributed by atoms with Crippen LogP contribution in [0.15, 0.2) is 24.3 Å². The van der Waals surface area contributed by atoms with Gasteiger partial charge in [-0.2, -0.15) is 11.8 Å². The Morgan fingerprint density at radius 1 is 1.09 bits per heavy atom. The third-order valence-corrected chi connectivity index (χ3v) is 4.39. The lowest BCUT2D eigenvalue weighted by molar-refractivity contribution is 0.204. The molecule has 0 bridgehead atoms. The molecule has 126 valence electrons. The van der Waals surface area contributed by atoms with Gasteiger partial charge in [-0.1, -0.05) is 6.07 Å². The number of phenols is 2. The van der Waals surface area contributed by atoms with Crippen LogP contribution in [-0.4, -0.2) is 48.7 Å². The van der Waals surface area contributed by atoms with Gasteiger partial charge in [0.1, 0.15) is 11.5 Å². The fourth-order valence-corrected chi connectivity index (χ4v) is 3.01. The molecule has 0 aliphatic rings. The summed E-state index contributed by atoms with van der Waals surface area (Å²) in [6, 6.07) is 5.22. The molecule has 6 nitrogen and oxygen atoms in total. The molecule has 1 aromatic carbocycles. The lowest BCUT2D eigenvalue weighted by Crippen LogP contribution is -2.13. The first-order valence-corrected chi connectivity index (χ1v) is 8.60. The molecule has 0 aliphatic carbocycles. The number of benzene rings is 1. The van der Waals surface area contributed by atoms with E-state index in [0.717, 1.165) is 5.75 Å². The fourth-order valence-electron chi connectivity index (χ4n) is 2.51. The van der Waals surface area contributed by atoms with Crippen molar-refractivity contribution in [2.45, 2.75) is 18.9 Å². The van der Waals surface area contributed by atoms with Gasteiger partial charge in [-0.3, -0.25) is 4.57 Å². The first kappa shape index (κ1) is 17.4. The van der Waals surface area contributed by atoms with Gasteiger partial charge < -0.3 is 25.5 Å². The lowest BCUT2D eigenvalue weighted by atomic mass is 10.1. The van der Waals surface area contributed by atoms with Gasteiger partial charge >= 0.3 is 0 Å². The minimum atomic E-state index is -0.412. The maximum Gasteiger partial charge on any atom is 0.197 e. The summed E-state index contributed by atoms with van der Waals surface area (Å²) in [6.45, 7) is -0.194. The van der Waals surface area contributed by atoms with E-state index in [4.69, 9.17) is 0 Å². The molecule has 5 N–H and O–H groups in total. The minimum Gasteiger partial charge on any atom is -0.508 e. The van der Waals surface area contributed by atoms with Crippen molar-refractivity contribution in [1.82, 2.24) is 4.57 Å². The Balaban J connectivity index is 2.29. The number of thioether (sulfide) groups is 1. The third-order valence-electron chi connectivity index (χ3n) is 3.75. The zero-order valence-corrected chi connectivity index (χ0v) is 13.6. The summed E-state index contributed by atoms with van der Waals surface area (Å²) in [5, 5.41) is 49.1. The Labute approximate surface area is 138 Å². The SMILES string of the molecule is CSCCC(CO)n1c(O)cc(Cc2ccc(O)cc2O)c1O. The van der Waals surface area contributed by atoms with Crippen LogP contribution in [-0.2, 0) is 6.42 Å². The molecular weight excluding hydrogens is 318 g/mol. The van der Waals surface area contributed by atoms with Gasteiger partial charge in [-0.05, 0) is 30.1 Å². The highest BCUT2D eigenvalue weighted by atomic mass is 32.2. The Morgan fingerprint density at radius 2 is 1.83 bits per heavy atom. The fraction of sp³-hybridized carbons (Fsp3) is 0.375. The van der Waals surface area contributed by atoms with E-state index in [1.165, 1.54) is 22.8 Å². The number of aromatic nitrogens is 1. The highest BCUT2D eigenvalue weighted by molar-refractivity contribution is 7.98. The Hall–Kier alpha value is -1.99. The average Bonchev–Trinajstić information content (AvgIpc) is 2.78. The van der Waals surface area contributed by atoms with Crippen molar-refractivity contribution in [3.63, 3.8) is 0 Å². The maximum absolute atomic E-state index is 10.4. The molecule has 0 aliphatic heterocycles. The number of rotatable bonds is 7. The second-order valence-electron chi connectivity index (χ2n) is 5.33. The topological polar surface area (TPSA) is 106 Å². The second kappa shape index (κ2) is 7.52. The Morgan fingerprint density at radius 3 is 2.43 bits per heavy atom. The number of aliphatic hydroxyl groups excluding tert-OH is 1. The molecule has 1 aromatic heterocycles. The van der Waals surface area contributed by atoms with E-state index in [9.17, 15) is 25.5 Å². The lowest BCUT2D eigenvalue weighted by Gasteiger charge is -2.18. The van der Waals surface area contributed by atoms with Crippen LogP contribution in [0.1, 0.15) is 23.6 Å². The van der Waals surface area contributed by atoms with Gasteiger partial charge in [-0.25, -0.2) is 0 Å². The van der Waals surface area contributed by atoms with Crippen molar-refractivity contribution in [3.8, 4) is 23.3 Å². The molecule has 0 saturated carbocycles. The molecule has 1 heterocycles. The zero-order chi connectivity index (χ0) is 17.0. The van der Waals surface area contributed by atoms with Crippen molar-refractivity contribution in [3.05, 3.63) is 35.4 Å². The van der Waals surface area contributed by atoms with E-state index in [1.807, 2.05) is 6.26 Å². The van der Waals surface area contributed by atoms with Crippen LogP contribution < -0.4 is 0 Å². The molecule has 0 saturated heterocycles. The first-order valence-electron chi connectivity index (χ1n) is 7.20. The molecule has 0 spiro atoms. The summed E-state index contributed by atoms with van der Waals surface area (Å²) in [7, 11) is 0. The van der Waals surface area contributed by atoms with Crippen molar-refractivity contribution < 1.29 is 25.5 Å². The standard InChI is InChI=1S/C16H21NO5S/c1-23-5-4-12(9-18)17-15(21)7-11(16(17)22)6-10-2-3-13(19)8-14(10)20/h2-3,7-8,12,18-22H,4-6,9H2,1H3. The minimum absolute atomic E-state index is 0.0479. The monoisotopic (exact) mass is 339 g/mol. The highest BCUT2D eigenvalue weighted by Crippen LogP contribution is 2.36. The van der Waals surface area contributed by atoms with E-state index in [1.54, 1.807) is 17.8 Å². The molecule has 0 amide bonds. The van der Waals surface area contributed by atoms with E-state index in [2.05, 4.69) is 0 Å². The van der Waals surface area contributed by atoms with Crippen LogP contribution in [0, 0.1) is 0 Å². The average molecular weight is 339 g/mol. The van der Waals surface area contributed by atoms with Crippen LogP contribution in [0.5, 0.6) is 23.3 Å². The Bertz CT molecular complexity index is 671. The number of nitrogens with zero attached hydrogens (tertiary/aromatic N) is 1. The quantitative estimate of drug-likeness (QED) is 0.529. The molecule has 0 fully saturated rings. The molecule has 0 radical (unpaired) electrons. The predicted octanol–water partition coefficient (Wildman–Crippen LogP) is 2.19. The summed E-state index contributed by atoms with van der Waals surface area (Å²) < 4.78 is 1.31. The van der Waals surface area contributed by atoms with Crippen LogP contribution in [0.25, 0.3) is 0 Å². The van der Waals surface area contributed by atoms with Gasteiger partial charge in [0.15, 0.2) is 11.8 Å². The number of aliphatic hydroxyl groups is 1. The largest absolute Gasteiger partial charge is 0.508 e.